The number of esters is 1. The molecule has 14 nitrogen and oxygen atoms in total. The quantitative estimate of drug-likeness (QED) is 0.106. The number of carboxylic acid groups (broad SMARTS) is 1. The number of carbonyl (C=O) groups excluding carboxylic acids is 1. The van der Waals surface area contributed by atoms with Crippen LogP contribution in [0, 0.1) is 11.8 Å². The van der Waals surface area contributed by atoms with Crippen molar-refractivity contribution >= 4 is 90.5 Å². The average molecular weight is 845 g/mol. The van der Waals surface area contributed by atoms with Gasteiger partial charge in [0.05, 0.1) is 66.9 Å². The van der Waals surface area contributed by atoms with E-state index in [1.54, 1.807) is 35.3 Å². The van der Waals surface area contributed by atoms with Gasteiger partial charge in [0.25, 0.3) is 0 Å². The van der Waals surface area contributed by atoms with Gasteiger partial charge in [0.2, 0.25) is 0 Å². The fourth-order valence-electron chi connectivity index (χ4n) is 8.36. The number of rotatable bonds is 11. The maximum absolute atomic E-state index is 12.2. The molecule has 60 heavy (non-hydrogen) atoms. The fraction of sp³-hybridized carbons (Fsp3) is 0.364. The number of nitrogens with one attached hydrogen (secondary N) is 2. The number of aliphatic carboxylic acids is 1. The zero-order chi connectivity index (χ0) is 41.3. The van der Waals surface area contributed by atoms with Gasteiger partial charge in [-0.3, -0.25) is 19.6 Å². The molecule has 2 aliphatic carbocycles. The molecule has 6 aromatic rings. The summed E-state index contributed by atoms with van der Waals surface area (Å²) in [6, 6.07) is 8.21. The van der Waals surface area contributed by atoms with Gasteiger partial charge in [0.15, 0.2) is 0 Å². The number of aliphatic imine (C=N–C) groups is 2. The predicted octanol–water partition coefficient (Wildman–Crippen LogP) is 8.39. The first-order valence-corrected chi connectivity index (χ1v) is 22.0. The molecular formula is C44H44N8O6S2. The van der Waals surface area contributed by atoms with Gasteiger partial charge >= 0.3 is 11.9 Å². The number of nitrogens with zero attached hydrogens (tertiary/aromatic N) is 6. The van der Waals surface area contributed by atoms with Crippen LogP contribution in [-0.4, -0.2) is 69.2 Å². The largest absolute Gasteiger partial charge is 0.492 e. The number of ether oxygens (including phenoxy) is 3. The Morgan fingerprint density at radius 1 is 0.700 bits per heavy atom. The Morgan fingerprint density at radius 3 is 1.68 bits per heavy atom. The molecule has 3 N–H and O–H groups in total. The van der Waals surface area contributed by atoms with Crippen molar-refractivity contribution in [2.75, 3.05) is 30.5 Å². The Kier molecular flexibility index (Phi) is 11.1. The van der Waals surface area contributed by atoms with Gasteiger partial charge in [-0.05, 0) is 117 Å². The van der Waals surface area contributed by atoms with Crippen molar-refractivity contribution in [1.82, 2.24) is 19.9 Å². The van der Waals surface area contributed by atoms with Gasteiger partial charge in [-0.2, -0.15) is 0 Å². The molecule has 2 atom stereocenters. The Labute approximate surface area is 354 Å². The van der Waals surface area contributed by atoms with E-state index >= 15 is 0 Å². The molecule has 0 spiro atoms. The van der Waals surface area contributed by atoms with Gasteiger partial charge in [-0.25, -0.2) is 19.9 Å². The molecule has 0 radical (unpaired) electrons. The predicted molar refractivity (Wildman–Crippen MR) is 235 cm³/mol. The van der Waals surface area contributed by atoms with Gasteiger partial charge < -0.3 is 30.0 Å². The Hall–Kier alpha value is -6.00. The number of hydrogen-bond donors (Lipinski definition) is 3. The summed E-state index contributed by atoms with van der Waals surface area (Å²) in [6.07, 6.45) is 11.1. The topological polar surface area (TPSA) is 182 Å². The Bertz CT molecular complexity index is 2710. The van der Waals surface area contributed by atoms with Crippen molar-refractivity contribution in [2.45, 2.75) is 72.4 Å². The van der Waals surface area contributed by atoms with Crippen LogP contribution in [-0.2, 0) is 53.1 Å². The summed E-state index contributed by atoms with van der Waals surface area (Å²) in [4.78, 5) is 54.5. The second kappa shape index (κ2) is 16.9. The lowest BCUT2D eigenvalue weighted by Crippen LogP contribution is -2.23. The van der Waals surface area contributed by atoms with Crippen LogP contribution in [0.5, 0.6) is 11.5 Å². The Balaban J connectivity index is 0.000000154. The monoisotopic (exact) mass is 844 g/mol. The maximum atomic E-state index is 12.2. The summed E-state index contributed by atoms with van der Waals surface area (Å²) in [5.74, 6) is 1.86. The summed E-state index contributed by atoms with van der Waals surface area (Å²) in [6.45, 7) is 8.72. The van der Waals surface area contributed by atoms with Crippen molar-refractivity contribution in [3.63, 3.8) is 0 Å². The summed E-state index contributed by atoms with van der Waals surface area (Å²) in [5.41, 5.74) is 8.63. The van der Waals surface area contributed by atoms with Crippen LogP contribution in [0.25, 0.3) is 20.4 Å². The first kappa shape index (κ1) is 39.5. The maximum Gasteiger partial charge on any atom is 0.309 e. The van der Waals surface area contributed by atoms with E-state index in [1.165, 1.54) is 21.6 Å². The number of anilines is 4. The summed E-state index contributed by atoms with van der Waals surface area (Å²) in [7, 11) is 0. The van der Waals surface area contributed by atoms with Crippen LogP contribution in [0.3, 0.4) is 0 Å². The number of hydrogen-bond acceptors (Lipinski definition) is 15. The molecule has 4 aromatic heterocycles. The molecular weight excluding hydrogens is 801 g/mol. The molecule has 0 bridgehead atoms. The molecule has 4 aliphatic rings. The van der Waals surface area contributed by atoms with Crippen LogP contribution in [0.4, 0.5) is 23.0 Å². The van der Waals surface area contributed by atoms with Crippen molar-refractivity contribution in [3.8, 4) is 11.5 Å². The van der Waals surface area contributed by atoms with Gasteiger partial charge in [0.1, 0.15) is 45.5 Å². The van der Waals surface area contributed by atoms with E-state index in [2.05, 4.69) is 52.7 Å². The summed E-state index contributed by atoms with van der Waals surface area (Å²) < 4.78 is 17.0. The third kappa shape index (κ3) is 7.65. The van der Waals surface area contributed by atoms with Gasteiger partial charge in [-0.15, -0.1) is 22.7 Å². The molecule has 0 unspecified atom stereocenters. The number of aromatic nitrogens is 4. The van der Waals surface area contributed by atoms with E-state index in [0.717, 1.165) is 95.8 Å². The lowest BCUT2D eigenvalue weighted by Gasteiger charge is -2.21. The summed E-state index contributed by atoms with van der Waals surface area (Å²) >= 11 is 3.22. The van der Waals surface area contributed by atoms with Gasteiger partial charge in [0, 0.05) is 22.2 Å². The molecule has 16 heteroatoms. The van der Waals surface area contributed by atoms with Crippen LogP contribution in [0.15, 0.2) is 46.9 Å². The smallest absolute Gasteiger partial charge is 0.309 e. The van der Waals surface area contributed by atoms with E-state index < -0.39 is 5.97 Å². The number of aryl methyl sites for hydroxylation is 2. The second-order valence-corrected chi connectivity index (χ2v) is 17.1. The molecule has 0 saturated carbocycles. The minimum atomic E-state index is -0.723. The molecule has 0 fully saturated rings. The lowest BCUT2D eigenvalue weighted by molar-refractivity contribution is -0.148. The van der Waals surface area contributed by atoms with Crippen LogP contribution in [0.1, 0.15) is 76.7 Å². The van der Waals surface area contributed by atoms with Crippen LogP contribution >= 0.6 is 22.7 Å². The average Bonchev–Trinajstić information content (AvgIpc) is 4.06. The standard InChI is InChI=1S/C23H24N4O3S.C21H20N4O3S/c1-3-29-18-8-15-11-24-10-14(15)7-17(18)27-21-20-16-6-5-13(23(28)30-4-2)9-19(16)31-22(20)26-12-25-21;1-2-28-16-6-13-9-22-8-12(13)5-15(16)25-19-18-14-4-3-11(21(26)27)7-17(14)29-20(18)24-10-23-19/h7-8,10,12-13H,3-6,9,11H2,1-2H3,(H,25,26,27);5-6,8,10-11H,2-4,7,9H2,1H3,(H,26,27)(H,23,24,25)/t13-;11-/m11/s1. The zero-order valence-corrected chi connectivity index (χ0v) is 35.2. The highest BCUT2D eigenvalue weighted by Gasteiger charge is 2.31. The minimum Gasteiger partial charge on any atom is -0.492 e. The molecule has 0 saturated heterocycles. The van der Waals surface area contributed by atoms with Crippen molar-refractivity contribution in [1.29, 1.82) is 0 Å². The van der Waals surface area contributed by atoms with E-state index in [9.17, 15) is 14.7 Å². The molecule has 2 aliphatic heterocycles. The second-order valence-electron chi connectivity index (χ2n) is 14.9. The first-order valence-electron chi connectivity index (χ1n) is 20.3. The van der Waals surface area contributed by atoms with Crippen LogP contribution < -0.4 is 20.1 Å². The highest BCUT2D eigenvalue weighted by molar-refractivity contribution is 7.19. The van der Waals surface area contributed by atoms with Crippen molar-refractivity contribution in [2.24, 2.45) is 21.8 Å². The fourth-order valence-corrected chi connectivity index (χ4v) is 10.9. The van der Waals surface area contributed by atoms with Gasteiger partial charge in [-0.1, -0.05) is 0 Å². The normalized spacial score (nSPS) is 17.0. The lowest BCUT2D eigenvalue weighted by atomic mass is 9.88. The summed E-state index contributed by atoms with van der Waals surface area (Å²) in [5, 5.41) is 18.4. The van der Waals surface area contributed by atoms with E-state index in [-0.39, 0.29) is 17.8 Å². The number of carbonyl (C=O) groups is 2. The molecule has 0 amide bonds. The third-order valence-corrected chi connectivity index (χ3v) is 13.6. The van der Waals surface area contributed by atoms with E-state index in [4.69, 9.17) is 14.2 Å². The van der Waals surface area contributed by atoms with E-state index in [0.29, 0.717) is 52.2 Å². The number of thiophene rings is 2. The number of benzene rings is 2. The molecule has 308 valence electrons. The number of carboxylic acids is 1. The SMILES string of the molecule is CCOC(=O)[C@@H]1CCc2c(sc3ncnc(Nc4cc5c(cc4OCC)CN=C5)c23)C1.CCOc1cc2c(cc1Nc1ncnc3sc4c(c13)CC[C@@H](C(=O)O)C4)C=NC2. The third-order valence-electron chi connectivity index (χ3n) is 11.2. The molecule has 2 aromatic carbocycles. The molecule has 6 heterocycles. The highest BCUT2D eigenvalue weighted by Crippen LogP contribution is 2.44. The van der Waals surface area contributed by atoms with Crippen molar-refractivity contribution < 1.29 is 28.9 Å². The van der Waals surface area contributed by atoms with Crippen LogP contribution in [0.2, 0.25) is 0 Å². The van der Waals surface area contributed by atoms with Crippen molar-refractivity contribution in [3.05, 3.63) is 80.1 Å². The Morgan fingerprint density at radius 2 is 1.20 bits per heavy atom. The highest BCUT2D eigenvalue weighted by atomic mass is 32.1. The minimum absolute atomic E-state index is 0.0783. The first-order chi connectivity index (χ1) is 29.3. The molecule has 10 rings (SSSR count). The van der Waals surface area contributed by atoms with E-state index in [1.807, 2.05) is 45.3 Å². The zero-order valence-electron chi connectivity index (χ0n) is 33.5. The number of fused-ring (bicyclic) bond motifs is 8.